The van der Waals surface area contributed by atoms with E-state index in [2.05, 4.69) is 4.72 Å². The number of sulfonamides is 1. The molecule has 0 aromatic heterocycles. The van der Waals surface area contributed by atoms with Crippen molar-refractivity contribution < 1.29 is 27.9 Å². The number of hydrogen-bond acceptors (Lipinski definition) is 6. The molecule has 2 atom stereocenters. The fourth-order valence-corrected chi connectivity index (χ4v) is 4.15. The second kappa shape index (κ2) is 9.20. The molecule has 1 aliphatic heterocycles. The molecule has 0 unspecified atom stereocenters. The first-order valence-corrected chi connectivity index (χ1v) is 10.5. The second-order valence-corrected chi connectivity index (χ2v) is 8.64. The summed E-state index contributed by atoms with van der Waals surface area (Å²) in [6.45, 7) is 1.91. The van der Waals surface area contributed by atoms with Crippen LogP contribution < -0.4 is 4.72 Å². The van der Waals surface area contributed by atoms with Crippen LogP contribution in [-0.2, 0) is 24.3 Å². The van der Waals surface area contributed by atoms with Gasteiger partial charge in [-0.05, 0) is 38.0 Å². The van der Waals surface area contributed by atoms with Crippen LogP contribution in [0.2, 0.25) is 10.0 Å². The predicted molar refractivity (Wildman–Crippen MR) is 99.0 cm³/mol. The van der Waals surface area contributed by atoms with Gasteiger partial charge in [0.05, 0.1) is 21.0 Å². The number of amides is 1. The number of likely N-dealkylation sites (tertiary alicyclic amines) is 1. The zero-order valence-corrected chi connectivity index (χ0v) is 16.9. The Balaban J connectivity index is 2.05. The van der Waals surface area contributed by atoms with Crippen LogP contribution in [0.25, 0.3) is 0 Å². The molecule has 1 amide bonds. The highest BCUT2D eigenvalue weighted by Gasteiger charge is 2.32. The van der Waals surface area contributed by atoms with Crippen molar-refractivity contribution in [3.8, 4) is 0 Å². The van der Waals surface area contributed by atoms with Gasteiger partial charge in [0.25, 0.3) is 5.91 Å². The van der Waals surface area contributed by atoms with E-state index in [4.69, 9.17) is 27.9 Å². The first kappa shape index (κ1) is 21.9. The standard InChI is InChI=1S/C16H20Cl2N2O6S/c1-10(21)15(16(23)26-9-14(22)20-6-2-3-7-20)19-27(24,25)11-4-5-12(17)13(18)8-11/h4-5,8,10,15,19,21H,2-3,6-7,9H2,1H3/t10-,15+/m0/s1. The van der Waals surface area contributed by atoms with Gasteiger partial charge in [-0.15, -0.1) is 0 Å². The minimum Gasteiger partial charge on any atom is -0.454 e. The molecule has 2 N–H and O–H groups in total. The van der Waals surface area contributed by atoms with Gasteiger partial charge in [-0.3, -0.25) is 9.59 Å². The average Bonchev–Trinajstić information content (AvgIpc) is 3.14. The third kappa shape index (κ3) is 5.79. The number of rotatable bonds is 7. The van der Waals surface area contributed by atoms with Crippen LogP contribution in [0, 0.1) is 0 Å². The SMILES string of the molecule is C[C@H](O)[C@@H](NS(=O)(=O)c1ccc(Cl)c(Cl)c1)C(=O)OCC(=O)N1CCCC1. The van der Waals surface area contributed by atoms with E-state index in [1.165, 1.54) is 19.1 Å². The maximum atomic E-state index is 12.5. The zero-order valence-electron chi connectivity index (χ0n) is 14.5. The van der Waals surface area contributed by atoms with Crippen LogP contribution in [0.3, 0.4) is 0 Å². The number of benzene rings is 1. The van der Waals surface area contributed by atoms with Crippen molar-refractivity contribution in [3.63, 3.8) is 0 Å². The Morgan fingerprint density at radius 2 is 1.89 bits per heavy atom. The van der Waals surface area contributed by atoms with E-state index in [0.29, 0.717) is 13.1 Å². The third-order valence-corrected chi connectivity index (χ3v) is 6.19. The van der Waals surface area contributed by atoms with Gasteiger partial charge in [-0.1, -0.05) is 23.2 Å². The highest BCUT2D eigenvalue weighted by atomic mass is 35.5. The lowest BCUT2D eigenvalue weighted by Gasteiger charge is -2.21. The number of esters is 1. The molecule has 1 fully saturated rings. The van der Waals surface area contributed by atoms with Crippen molar-refractivity contribution in [3.05, 3.63) is 28.2 Å². The van der Waals surface area contributed by atoms with Gasteiger partial charge in [0, 0.05) is 13.1 Å². The van der Waals surface area contributed by atoms with Crippen molar-refractivity contribution in [2.24, 2.45) is 0 Å². The second-order valence-electron chi connectivity index (χ2n) is 6.11. The molecular formula is C16H20Cl2N2O6S. The molecule has 8 nitrogen and oxygen atoms in total. The normalized spacial score (nSPS) is 16.8. The highest BCUT2D eigenvalue weighted by Crippen LogP contribution is 2.25. The smallest absolute Gasteiger partial charge is 0.327 e. The van der Waals surface area contributed by atoms with Gasteiger partial charge in [0.1, 0.15) is 6.04 Å². The Morgan fingerprint density at radius 3 is 2.44 bits per heavy atom. The first-order valence-electron chi connectivity index (χ1n) is 8.21. The van der Waals surface area contributed by atoms with Crippen molar-refractivity contribution in [1.82, 2.24) is 9.62 Å². The molecule has 0 aliphatic carbocycles. The lowest BCUT2D eigenvalue weighted by atomic mass is 10.2. The summed E-state index contributed by atoms with van der Waals surface area (Å²) in [6, 6.07) is 2.03. The van der Waals surface area contributed by atoms with Crippen LogP contribution >= 0.6 is 23.2 Å². The Morgan fingerprint density at radius 1 is 1.26 bits per heavy atom. The number of nitrogens with one attached hydrogen (secondary N) is 1. The van der Waals surface area contributed by atoms with Crippen molar-refractivity contribution in [2.75, 3.05) is 19.7 Å². The highest BCUT2D eigenvalue weighted by molar-refractivity contribution is 7.89. The monoisotopic (exact) mass is 438 g/mol. The third-order valence-electron chi connectivity index (χ3n) is 4.02. The molecule has 1 aliphatic rings. The summed E-state index contributed by atoms with van der Waals surface area (Å²) in [5.74, 6) is -1.42. The molecule has 150 valence electrons. The van der Waals surface area contributed by atoms with Gasteiger partial charge in [0.15, 0.2) is 6.61 Å². The van der Waals surface area contributed by atoms with Crippen LogP contribution in [0.4, 0.5) is 0 Å². The molecule has 1 saturated heterocycles. The Labute approximate surface area is 167 Å². The quantitative estimate of drug-likeness (QED) is 0.618. The van der Waals surface area contributed by atoms with Gasteiger partial charge in [-0.2, -0.15) is 4.72 Å². The number of carbonyl (C=O) groups is 2. The molecule has 1 aromatic carbocycles. The Hall–Kier alpha value is -1.39. The minimum atomic E-state index is -4.19. The van der Waals surface area contributed by atoms with E-state index in [0.717, 1.165) is 18.9 Å². The molecule has 1 heterocycles. The largest absolute Gasteiger partial charge is 0.454 e. The number of carbonyl (C=O) groups excluding carboxylic acids is 2. The predicted octanol–water partition coefficient (Wildman–Crippen LogP) is 1.19. The molecular weight excluding hydrogens is 419 g/mol. The van der Waals surface area contributed by atoms with Crippen molar-refractivity contribution >= 4 is 45.1 Å². The molecule has 0 radical (unpaired) electrons. The molecule has 27 heavy (non-hydrogen) atoms. The van der Waals surface area contributed by atoms with E-state index in [1.54, 1.807) is 4.90 Å². The summed E-state index contributed by atoms with van der Waals surface area (Å²) in [7, 11) is -4.19. The van der Waals surface area contributed by atoms with Crippen molar-refractivity contribution in [2.45, 2.75) is 36.8 Å². The molecule has 1 aromatic rings. The van der Waals surface area contributed by atoms with Gasteiger partial charge in [-0.25, -0.2) is 8.42 Å². The summed E-state index contributed by atoms with van der Waals surface area (Å²) in [5, 5.41) is 9.99. The lowest BCUT2D eigenvalue weighted by Crippen LogP contribution is -2.49. The summed E-state index contributed by atoms with van der Waals surface area (Å²) >= 11 is 11.6. The number of hydrogen-bond donors (Lipinski definition) is 2. The Kier molecular flexibility index (Phi) is 7.47. The molecule has 2 rings (SSSR count). The van der Waals surface area contributed by atoms with Crippen LogP contribution in [0.5, 0.6) is 0 Å². The maximum Gasteiger partial charge on any atom is 0.327 e. The van der Waals surface area contributed by atoms with Crippen LogP contribution in [0.15, 0.2) is 23.1 Å². The van der Waals surface area contributed by atoms with Gasteiger partial charge < -0.3 is 14.7 Å². The number of nitrogens with zero attached hydrogens (tertiary/aromatic N) is 1. The molecule has 0 saturated carbocycles. The topological polar surface area (TPSA) is 113 Å². The molecule has 0 spiro atoms. The van der Waals surface area contributed by atoms with E-state index in [1.807, 2.05) is 0 Å². The summed E-state index contributed by atoms with van der Waals surface area (Å²) in [6.07, 6.45) is 0.385. The van der Waals surface area contributed by atoms with E-state index in [9.17, 15) is 23.1 Å². The minimum absolute atomic E-state index is 0.0203. The molecule has 11 heteroatoms. The lowest BCUT2D eigenvalue weighted by molar-refractivity contribution is -0.155. The number of halogens is 2. The Bertz CT molecular complexity index is 809. The molecule has 0 bridgehead atoms. The fraction of sp³-hybridized carbons (Fsp3) is 0.500. The number of aliphatic hydroxyl groups is 1. The number of ether oxygens (including phenoxy) is 1. The summed E-state index contributed by atoms with van der Waals surface area (Å²) in [4.78, 5) is 25.5. The summed E-state index contributed by atoms with van der Waals surface area (Å²) in [5.41, 5.74) is 0. The van der Waals surface area contributed by atoms with Crippen LogP contribution in [0.1, 0.15) is 19.8 Å². The van der Waals surface area contributed by atoms with E-state index < -0.39 is 34.7 Å². The zero-order chi connectivity index (χ0) is 20.2. The maximum absolute atomic E-state index is 12.5. The summed E-state index contributed by atoms with van der Waals surface area (Å²) < 4.78 is 31.9. The van der Waals surface area contributed by atoms with Crippen LogP contribution in [-0.4, -0.2) is 62.1 Å². The van der Waals surface area contributed by atoms with Gasteiger partial charge >= 0.3 is 5.97 Å². The average molecular weight is 439 g/mol. The number of aliphatic hydroxyl groups excluding tert-OH is 1. The van der Waals surface area contributed by atoms with Gasteiger partial charge in [0.2, 0.25) is 10.0 Å². The van der Waals surface area contributed by atoms with E-state index >= 15 is 0 Å². The van der Waals surface area contributed by atoms with E-state index in [-0.39, 0.29) is 20.8 Å². The fourth-order valence-electron chi connectivity index (χ4n) is 2.50. The van der Waals surface area contributed by atoms with Crippen molar-refractivity contribution in [1.29, 1.82) is 0 Å². The first-order chi connectivity index (χ1) is 12.6.